The van der Waals surface area contributed by atoms with Crippen molar-refractivity contribution in [3.05, 3.63) is 48.0 Å². The molecule has 27 heavy (non-hydrogen) atoms. The lowest BCUT2D eigenvalue weighted by Gasteiger charge is -2.11. The molecule has 2 N–H and O–H groups in total. The number of furan rings is 1. The number of amides is 2. The summed E-state index contributed by atoms with van der Waals surface area (Å²) in [5.41, 5.74) is 4.86. The van der Waals surface area contributed by atoms with Crippen molar-refractivity contribution in [2.24, 2.45) is 22.0 Å². The van der Waals surface area contributed by atoms with Crippen LogP contribution in [0.5, 0.6) is 0 Å². The molecule has 0 aromatic carbocycles. The first-order valence-corrected chi connectivity index (χ1v) is 9.29. The van der Waals surface area contributed by atoms with E-state index in [1.807, 2.05) is 0 Å². The molecule has 0 bridgehead atoms. The van der Waals surface area contributed by atoms with Crippen LogP contribution in [0.25, 0.3) is 0 Å². The summed E-state index contributed by atoms with van der Waals surface area (Å²) in [4.78, 5) is 24.1. The first kappa shape index (κ1) is 18.8. The first-order chi connectivity index (χ1) is 13.2. The van der Waals surface area contributed by atoms with E-state index < -0.39 is 11.8 Å². The standard InChI is InChI=1S/C20H24N4O3/c25-19(23-21-13-15-7-3-1-4-8-15)17-11-12-18(27-17)20(26)24-22-14-16-9-5-2-6-10-16/h1-3,5,11-16H,4,6-10H2,(H,23,25)(H,24,26)/b21-13-,22-14-/t15-,16-/m1/s1. The third-order valence-corrected chi connectivity index (χ3v) is 4.58. The molecule has 0 saturated heterocycles. The van der Waals surface area contributed by atoms with E-state index in [4.69, 9.17) is 4.42 Å². The Morgan fingerprint density at radius 3 is 1.74 bits per heavy atom. The van der Waals surface area contributed by atoms with Crippen molar-refractivity contribution in [1.29, 1.82) is 0 Å². The van der Waals surface area contributed by atoms with Crippen LogP contribution >= 0.6 is 0 Å². The van der Waals surface area contributed by atoms with E-state index >= 15 is 0 Å². The Labute approximate surface area is 158 Å². The summed E-state index contributed by atoms with van der Waals surface area (Å²) in [5, 5.41) is 7.96. The zero-order valence-electron chi connectivity index (χ0n) is 15.1. The van der Waals surface area contributed by atoms with Gasteiger partial charge < -0.3 is 4.42 Å². The molecule has 0 fully saturated rings. The van der Waals surface area contributed by atoms with Crippen molar-refractivity contribution >= 4 is 24.2 Å². The number of nitrogens with one attached hydrogen (secondary N) is 2. The van der Waals surface area contributed by atoms with Gasteiger partial charge in [-0.3, -0.25) is 9.59 Å². The van der Waals surface area contributed by atoms with Crippen LogP contribution in [0.15, 0.2) is 51.1 Å². The third kappa shape index (κ3) is 5.77. The molecule has 7 heteroatoms. The molecular formula is C20H24N4O3. The molecule has 3 rings (SSSR count). The van der Waals surface area contributed by atoms with E-state index in [9.17, 15) is 9.59 Å². The van der Waals surface area contributed by atoms with Gasteiger partial charge in [-0.25, -0.2) is 10.9 Å². The molecule has 0 spiro atoms. The van der Waals surface area contributed by atoms with Crippen LogP contribution in [-0.4, -0.2) is 24.2 Å². The lowest BCUT2D eigenvalue weighted by atomic mass is 9.96. The Morgan fingerprint density at radius 2 is 1.33 bits per heavy atom. The number of hydrogen-bond donors (Lipinski definition) is 2. The molecular weight excluding hydrogens is 344 g/mol. The van der Waals surface area contributed by atoms with Crippen LogP contribution in [0.2, 0.25) is 0 Å². The fourth-order valence-electron chi connectivity index (χ4n) is 3.00. The number of hydrazone groups is 2. The third-order valence-electron chi connectivity index (χ3n) is 4.58. The molecule has 7 nitrogen and oxygen atoms in total. The highest BCUT2D eigenvalue weighted by molar-refractivity contribution is 5.95. The van der Waals surface area contributed by atoms with Crippen LogP contribution in [0, 0.1) is 11.8 Å². The number of carbonyl (C=O) groups is 2. The lowest BCUT2D eigenvalue weighted by Crippen LogP contribution is -2.19. The van der Waals surface area contributed by atoms with Crippen molar-refractivity contribution in [2.45, 2.75) is 38.5 Å². The van der Waals surface area contributed by atoms with Gasteiger partial charge >= 0.3 is 11.8 Å². The number of carbonyl (C=O) groups excluding carboxylic acids is 2. The topological polar surface area (TPSA) is 96.1 Å². The molecule has 2 amide bonds. The smallest absolute Gasteiger partial charge is 0.307 e. The molecule has 1 aromatic rings. The van der Waals surface area contributed by atoms with E-state index in [0.717, 1.165) is 38.5 Å². The Morgan fingerprint density at radius 1 is 0.852 bits per heavy atom. The van der Waals surface area contributed by atoms with E-state index in [1.165, 1.54) is 12.1 Å². The largest absolute Gasteiger partial charge is 0.446 e. The zero-order chi connectivity index (χ0) is 18.9. The Kier molecular flexibility index (Phi) is 6.73. The minimum absolute atomic E-state index is 0.0298. The van der Waals surface area contributed by atoms with Gasteiger partial charge in [0.2, 0.25) is 0 Å². The number of nitrogens with zero attached hydrogens (tertiary/aromatic N) is 2. The fraction of sp³-hybridized carbons (Fsp3) is 0.400. The van der Waals surface area contributed by atoms with Gasteiger partial charge in [0.15, 0.2) is 11.5 Å². The van der Waals surface area contributed by atoms with Gasteiger partial charge in [-0.05, 0) is 62.5 Å². The van der Waals surface area contributed by atoms with Gasteiger partial charge in [-0.15, -0.1) is 0 Å². The first-order valence-electron chi connectivity index (χ1n) is 9.29. The normalized spacial score (nSPS) is 22.4. The predicted molar refractivity (Wildman–Crippen MR) is 104 cm³/mol. The second kappa shape index (κ2) is 9.66. The Hall–Kier alpha value is -2.96. The van der Waals surface area contributed by atoms with E-state index in [-0.39, 0.29) is 11.5 Å². The van der Waals surface area contributed by atoms with Crippen molar-refractivity contribution < 1.29 is 14.0 Å². The summed E-state index contributed by atoms with van der Waals surface area (Å²) >= 11 is 0. The zero-order valence-corrected chi connectivity index (χ0v) is 15.1. The van der Waals surface area contributed by atoms with Crippen LogP contribution in [0.4, 0.5) is 0 Å². The summed E-state index contributed by atoms with van der Waals surface area (Å²) < 4.78 is 5.30. The average Bonchev–Trinajstić information content (AvgIpc) is 3.20. The Bertz CT molecular complexity index is 713. The summed E-state index contributed by atoms with van der Waals surface area (Å²) in [5.74, 6) is -0.246. The van der Waals surface area contributed by atoms with E-state index in [0.29, 0.717) is 11.8 Å². The SMILES string of the molecule is O=C(N/N=C\[C@@H]1CC=CCC1)c1ccc(C(=O)N/N=C\[C@@H]2CC=CCC2)o1. The monoisotopic (exact) mass is 368 g/mol. The summed E-state index contributed by atoms with van der Waals surface area (Å²) in [6.07, 6.45) is 18.0. The van der Waals surface area contributed by atoms with Gasteiger partial charge in [0.05, 0.1) is 0 Å². The summed E-state index contributed by atoms with van der Waals surface area (Å²) in [6.45, 7) is 0. The maximum absolute atomic E-state index is 12.0. The highest BCUT2D eigenvalue weighted by atomic mass is 16.4. The number of rotatable bonds is 6. The van der Waals surface area contributed by atoms with Crippen LogP contribution in [0.1, 0.15) is 59.6 Å². The highest BCUT2D eigenvalue weighted by Gasteiger charge is 2.15. The van der Waals surface area contributed by atoms with Crippen molar-refractivity contribution in [3.8, 4) is 0 Å². The summed E-state index contributed by atoms with van der Waals surface area (Å²) in [6, 6.07) is 2.89. The Balaban J connectivity index is 1.46. The lowest BCUT2D eigenvalue weighted by molar-refractivity contribution is 0.0902. The number of allylic oxidation sites excluding steroid dienone is 4. The van der Waals surface area contributed by atoms with Gasteiger partial charge in [-0.2, -0.15) is 10.2 Å². The van der Waals surface area contributed by atoms with Crippen LogP contribution in [-0.2, 0) is 0 Å². The molecule has 0 saturated carbocycles. The van der Waals surface area contributed by atoms with E-state index in [2.05, 4.69) is 45.4 Å². The second-order valence-electron chi connectivity index (χ2n) is 6.69. The molecule has 2 atom stereocenters. The van der Waals surface area contributed by atoms with E-state index in [1.54, 1.807) is 12.4 Å². The quantitative estimate of drug-likeness (QED) is 0.457. The van der Waals surface area contributed by atoms with Gasteiger partial charge in [-0.1, -0.05) is 24.3 Å². The van der Waals surface area contributed by atoms with Crippen LogP contribution in [0.3, 0.4) is 0 Å². The highest BCUT2D eigenvalue weighted by Crippen LogP contribution is 2.16. The van der Waals surface area contributed by atoms with Crippen molar-refractivity contribution in [2.75, 3.05) is 0 Å². The van der Waals surface area contributed by atoms with Gasteiger partial charge in [0, 0.05) is 12.4 Å². The van der Waals surface area contributed by atoms with Crippen molar-refractivity contribution in [1.82, 2.24) is 10.9 Å². The maximum Gasteiger partial charge on any atom is 0.307 e. The molecule has 1 heterocycles. The molecule has 2 aliphatic rings. The molecule has 1 aromatic heterocycles. The van der Waals surface area contributed by atoms with Gasteiger partial charge in [0.1, 0.15) is 0 Å². The molecule has 0 aliphatic heterocycles. The van der Waals surface area contributed by atoms with Crippen molar-refractivity contribution in [3.63, 3.8) is 0 Å². The van der Waals surface area contributed by atoms with Crippen LogP contribution < -0.4 is 10.9 Å². The average molecular weight is 368 g/mol. The molecule has 142 valence electrons. The molecule has 2 aliphatic carbocycles. The molecule has 0 radical (unpaired) electrons. The second-order valence-corrected chi connectivity index (χ2v) is 6.69. The minimum Gasteiger partial charge on any atom is -0.446 e. The maximum atomic E-state index is 12.0. The fourth-order valence-corrected chi connectivity index (χ4v) is 3.00. The number of hydrogen-bond acceptors (Lipinski definition) is 5. The summed E-state index contributed by atoms with van der Waals surface area (Å²) in [7, 11) is 0. The predicted octanol–water partition coefficient (Wildman–Crippen LogP) is 3.42. The molecule has 0 unspecified atom stereocenters. The minimum atomic E-state index is -0.492. The van der Waals surface area contributed by atoms with Gasteiger partial charge in [0.25, 0.3) is 0 Å².